The van der Waals surface area contributed by atoms with Crippen molar-refractivity contribution in [2.45, 2.75) is 30.7 Å². The van der Waals surface area contributed by atoms with E-state index in [0.29, 0.717) is 24.6 Å². The first-order valence-electron chi connectivity index (χ1n) is 6.25. The van der Waals surface area contributed by atoms with Crippen LogP contribution in [0.1, 0.15) is 24.6 Å². The summed E-state index contributed by atoms with van der Waals surface area (Å²) in [5.74, 6) is 0.258. The Labute approximate surface area is 104 Å². The Morgan fingerprint density at radius 3 is 2.82 bits per heavy atom. The van der Waals surface area contributed by atoms with Crippen molar-refractivity contribution in [1.82, 2.24) is 4.90 Å². The summed E-state index contributed by atoms with van der Waals surface area (Å²) < 4.78 is 5.85. The van der Waals surface area contributed by atoms with E-state index in [2.05, 4.69) is 0 Å². The van der Waals surface area contributed by atoms with Gasteiger partial charge in [-0.15, -0.1) is 0 Å². The summed E-state index contributed by atoms with van der Waals surface area (Å²) in [5, 5.41) is 0. The highest BCUT2D eigenvalue weighted by Gasteiger charge is 2.43. The van der Waals surface area contributed by atoms with Crippen molar-refractivity contribution in [3.8, 4) is 0 Å². The van der Waals surface area contributed by atoms with E-state index >= 15 is 0 Å². The van der Waals surface area contributed by atoms with Crippen molar-refractivity contribution in [2.75, 3.05) is 6.61 Å². The van der Waals surface area contributed by atoms with Gasteiger partial charge in [0.1, 0.15) is 0 Å². The smallest absolute Gasteiger partial charge is 0.225 e. The third kappa shape index (κ3) is 1.81. The molecule has 2 heterocycles. The van der Waals surface area contributed by atoms with Gasteiger partial charge >= 0.3 is 0 Å². The molecule has 0 bridgehead atoms. The molecule has 1 amide bonds. The highest BCUT2D eigenvalue weighted by molar-refractivity contribution is 6.12. The van der Waals surface area contributed by atoms with Gasteiger partial charge in [-0.25, -0.2) is 0 Å². The van der Waals surface area contributed by atoms with E-state index in [4.69, 9.17) is 4.74 Å². The van der Waals surface area contributed by atoms with Crippen molar-refractivity contribution in [1.29, 1.82) is 0 Å². The Bertz CT molecular complexity index is 423. The van der Waals surface area contributed by atoms with E-state index in [-0.39, 0.29) is 12.1 Å². The highest BCUT2D eigenvalue weighted by atomic mass is 28.1. The molecule has 1 aromatic rings. The predicted octanol–water partition coefficient (Wildman–Crippen LogP) is 0.860. The van der Waals surface area contributed by atoms with Crippen LogP contribution in [0.5, 0.6) is 0 Å². The summed E-state index contributed by atoms with van der Waals surface area (Å²) in [4.78, 5) is 14.0. The zero-order valence-electron chi connectivity index (χ0n) is 10.0. The van der Waals surface area contributed by atoms with Crippen LogP contribution in [0.2, 0.25) is 5.54 Å². The fourth-order valence-electron chi connectivity index (χ4n) is 2.83. The molecule has 3 atom stereocenters. The molecule has 3 nitrogen and oxygen atoms in total. The van der Waals surface area contributed by atoms with Crippen LogP contribution >= 0.6 is 0 Å². The minimum Gasteiger partial charge on any atom is -0.352 e. The summed E-state index contributed by atoms with van der Waals surface area (Å²) in [5.41, 5.74) is 1.78. The normalized spacial score (nSPS) is 32.8. The molecule has 0 spiro atoms. The van der Waals surface area contributed by atoms with Crippen LogP contribution in [0.3, 0.4) is 0 Å². The van der Waals surface area contributed by atoms with Gasteiger partial charge in [0, 0.05) is 22.2 Å². The lowest BCUT2D eigenvalue weighted by Crippen LogP contribution is -2.44. The summed E-state index contributed by atoms with van der Waals surface area (Å²) in [6, 6.07) is 10.4. The van der Waals surface area contributed by atoms with Gasteiger partial charge in [-0.3, -0.25) is 4.79 Å². The highest BCUT2D eigenvalue weighted by Crippen LogP contribution is 2.39. The second-order valence-corrected chi connectivity index (χ2v) is 6.46. The van der Waals surface area contributed by atoms with Gasteiger partial charge < -0.3 is 9.64 Å². The third-order valence-corrected chi connectivity index (χ3v) is 5.22. The monoisotopic (exact) mass is 247 g/mol. The minimum absolute atomic E-state index is 0.148. The molecule has 0 saturated carbocycles. The largest absolute Gasteiger partial charge is 0.352 e. The first-order chi connectivity index (χ1) is 8.27. The molecule has 17 heavy (non-hydrogen) atoms. The standard InChI is InChI=1S/C13H17NO2Si/c15-12-7-6-11(17)10-8-16-13(14(10)12)9-4-2-1-3-5-9/h1-5,10-11,13H,6-8H2,17H3/t10-,11-,13-/m1/s1. The molecule has 4 heteroatoms. The molecule has 0 N–H and O–H groups in total. The number of hydrogen-bond acceptors (Lipinski definition) is 2. The molecular weight excluding hydrogens is 230 g/mol. The van der Waals surface area contributed by atoms with Crippen molar-refractivity contribution < 1.29 is 9.53 Å². The number of benzene rings is 1. The van der Waals surface area contributed by atoms with Gasteiger partial charge in [-0.1, -0.05) is 30.3 Å². The second-order valence-electron chi connectivity index (χ2n) is 4.98. The number of carbonyl (C=O) groups is 1. The lowest BCUT2D eigenvalue weighted by Gasteiger charge is -2.36. The van der Waals surface area contributed by atoms with E-state index in [1.165, 1.54) is 0 Å². The Morgan fingerprint density at radius 2 is 2.06 bits per heavy atom. The van der Waals surface area contributed by atoms with Crippen LogP contribution in [0.25, 0.3) is 0 Å². The van der Waals surface area contributed by atoms with E-state index in [1.54, 1.807) is 0 Å². The van der Waals surface area contributed by atoms with Gasteiger partial charge in [-0.05, 0) is 12.0 Å². The number of amides is 1. The van der Waals surface area contributed by atoms with Gasteiger partial charge in [0.05, 0.1) is 12.6 Å². The first-order valence-corrected chi connectivity index (χ1v) is 7.40. The van der Waals surface area contributed by atoms with Crippen LogP contribution in [0.4, 0.5) is 0 Å². The van der Waals surface area contributed by atoms with Gasteiger partial charge in [-0.2, -0.15) is 0 Å². The van der Waals surface area contributed by atoms with Gasteiger partial charge in [0.15, 0.2) is 6.23 Å². The Kier molecular flexibility index (Phi) is 2.76. The Morgan fingerprint density at radius 1 is 1.29 bits per heavy atom. The molecule has 90 valence electrons. The maximum absolute atomic E-state index is 12.1. The van der Waals surface area contributed by atoms with E-state index in [0.717, 1.165) is 22.2 Å². The number of piperidine rings is 1. The van der Waals surface area contributed by atoms with Gasteiger partial charge in [0.25, 0.3) is 0 Å². The topological polar surface area (TPSA) is 29.5 Å². The molecule has 1 aromatic carbocycles. The average molecular weight is 247 g/mol. The van der Waals surface area contributed by atoms with Crippen molar-refractivity contribution >= 4 is 16.1 Å². The molecule has 2 aliphatic rings. The second kappa shape index (κ2) is 4.27. The Hall–Kier alpha value is -1.13. The number of carbonyl (C=O) groups excluding carboxylic acids is 1. The van der Waals surface area contributed by atoms with E-state index < -0.39 is 0 Å². The summed E-state index contributed by atoms with van der Waals surface area (Å²) in [7, 11) is 1.14. The maximum Gasteiger partial charge on any atom is 0.225 e. The molecule has 0 radical (unpaired) electrons. The van der Waals surface area contributed by atoms with Crippen LogP contribution in [0.15, 0.2) is 30.3 Å². The number of rotatable bonds is 1. The van der Waals surface area contributed by atoms with E-state index in [9.17, 15) is 4.79 Å². The molecule has 2 aliphatic heterocycles. The van der Waals surface area contributed by atoms with Crippen LogP contribution in [0, 0.1) is 0 Å². The summed E-state index contributed by atoms with van der Waals surface area (Å²) in [6.45, 7) is 0.708. The van der Waals surface area contributed by atoms with Crippen LogP contribution < -0.4 is 0 Å². The van der Waals surface area contributed by atoms with E-state index in [1.807, 2.05) is 35.2 Å². The molecule has 3 rings (SSSR count). The fourth-order valence-corrected chi connectivity index (χ4v) is 3.63. The number of fused-ring (bicyclic) bond motifs is 1. The van der Waals surface area contributed by atoms with Gasteiger partial charge in [0.2, 0.25) is 5.91 Å². The maximum atomic E-state index is 12.1. The van der Waals surface area contributed by atoms with Crippen LogP contribution in [-0.2, 0) is 9.53 Å². The van der Waals surface area contributed by atoms with Crippen molar-refractivity contribution in [3.63, 3.8) is 0 Å². The lowest BCUT2D eigenvalue weighted by atomic mass is 10.0. The zero-order valence-corrected chi connectivity index (χ0v) is 12.0. The molecule has 0 unspecified atom stereocenters. The summed E-state index contributed by atoms with van der Waals surface area (Å²) in [6.07, 6.45) is 1.60. The Balaban J connectivity index is 1.91. The third-order valence-electron chi connectivity index (χ3n) is 3.88. The predicted molar refractivity (Wildman–Crippen MR) is 68.7 cm³/mol. The molecule has 0 aliphatic carbocycles. The van der Waals surface area contributed by atoms with Crippen molar-refractivity contribution in [3.05, 3.63) is 35.9 Å². The molecular formula is C13H17NO2Si. The fraction of sp³-hybridized carbons (Fsp3) is 0.462. The quantitative estimate of drug-likeness (QED) is 0.689. The number of nitrogens with zero attached hydrogens (tertiary/aromatic N) is 1. The molecule has 0 aromatic heterocycles. The number of ether oxygens (including phenoxy) is 1. The minimum atomic E-state index is -0.148. The zero-order chi connectivity index (χ0) is 11.8. The molecule has 2 saturated heterocycles. The lowest BCUT2D eigenvalue weighted by molar-refractivity contribution is -0.140. The summed E-state index contributed by atoms with van der Waals surface area (Å²) >= 11 is 0. The SMILES string of the molecule is O=C1CC[C@@H]([SiH3])[C@H]2CO[C@H](c3ccccc3)N12. The average Bonchev–Trinajstić information content (AvgIpc) is 2.81. The number of hydrogen-bond donors (Lipinski definition) is 0. The van der Waals surface area contributed by atoms with Crippen molar-refractivity contribution in [2.24, 2.45) is 0 Å². The first kappa shape index (κ1) is 11.0. The van der Waals surface area contributed by atoms with Crippen LogP contribution in [-0.4, -0.2) is 33.7 Å². The molecule has 2 fully saturated rings.